The first-order valence-electron chi connectivity index (χ1n) is 12.1. The average molecular weight is 475 g/mol. The number of hydrogen-bond acceptors (Lipinski definition) is 4. The van der Waals surface area contributed by atoms with Crippen LogP contribution in [0.3, 0.4) is 0 Å². The van der Waals surface area contributed by atoms with E-state index >= 15 is 0 Å². The summed E-state index contributed by atoms with van der Waals surface area (Å²) in [6, 6.07) is 21.1. The minimum atomic E-state index is -1.07. The van der Waals surface area contributed by atoms with Gasteiger partial charge in [0.25, 0.3) is 0 Å². The molecule has 34 heavy (non-hydrogen) atoms. The van der Waals surface area contributed by atoms with Crippen molar-refractivity contribution in [2.24, 2.45) is 0 Å². The maximum Gasteiger partial charge on any atom is 0.127 e. The van der Waals surface area contributed by atoms with E-state index in [0.717, 1.165) is 45.6 Å². The molecule has 0 aliphatic carbocycles. The van der Waals surface area contributed by atoms with Crippen LogP contribution in [0.25, 0.3) is 10.9 Å². The summed E-state index contributed by atoms with van der Waals surface area (Å²) in [7, 11) is 4.09. The van der Waals surface area contributed by atoms with Crippen LogP contribution in [0.4, 0.5) is 0 Å². The molecule has 3 nitrogen and oxygen atoms in total. The Morgan fingerprint density at radius 1 is 0.971 bits per heavy atom. The van der Waals surface area contributed by atoms with Gasteiger partial charge in [0, 0.05) is 28.1 Å². The van der Waals surface area contributed by atoms with E-state index in [2.05, 4.69) is 75.1 Å². The Bertz CT molecular complexity index is 1190. The molecule has 1 N–H and O–H groups in total. The van der Waals surface area contributed by atoms with Gasteiger partial charge in [-0.15, -0.1) is 11.3 Å². The number of pyridine rings is 1. The van der Waals surface area contributed by atoms with Gasteiger partial charge >= 0.3 is 0 Å². The molecule has 0 radical (unpaired) electrons. The fourth-order valence-corrected chi connectivity index (χ4v) is 5.04. The van der Waals surface area contributed by atoms with E-state index < -0.39 is 5.60 Å². The van der Waals surface area contributed by atoms with Gasteiger partial charge < -0.3 is 10.0 Å². The molecule has 2 aromatic carbocycles. The van der Waals surface area contributed by atoms with Crippen molar-refractivity contribution in [3.63, 3.8) is 0 Å². The molecule has 0 bridgehead atoms. The Morgan fingerprint density at radius 3 is 2.29 bits per heavy atom. The van der Waals surface area contributed by atoms with Crippen molar-refractivity contribution < 1.29 is 5.11 Å². The van der Waals surface area contributed by atoms with Crippen molar-refractivity contribution in [1.29, 1.82) is 0 Å². The SMILES string of the molecule is CCC.Cc1cc(C(O)(CCN(C)C)c2cccs2)c2nc(C)c(Cc3ccccc3)cc2c1. The van der Waals surface area contributed by atoms with Crippen LogP contribution in [0.1, 0.15) is 59.5 Å². The number of rotatable bonds is 7. The van der Waals surface area contributed by atoms with Crippen molar-refractivity contribution in [2.75, 3.05) is 20.6 Å². The maximum absolute atomic E-state index is 12.1. The zero-order chi connectivity index (χ0) is 24.7. The van der Waals surface area contributed by atoms with Gasteiger partial charge in [-0.25, -0.2) is 0 Å². The van der Waals surface area contributed by atoms with Crippen LogP contribution in [-0.2, 0) is 12.0 Å². The van der Waals surface area contributed by atoms with Crippen molar-refractivity contribution in [2.45, 2.75) is 52.6 Å². The van der Waals surface area contributed by atoms with Crippen LogP contribution >= 0.6 is 11.3 Å². The summed E-state index contributed by atoms with van der Waals surface area (Å²) in [5.41, 5.74) is 5.39. The average Bonchev–Trinajstić information content (AvgIpc) is 3.35. The molecule has 0 aliphatic rings. The van der Waals surface area contributed by atoms with Crippen LogP contribution in [0.2, 0.25) is 0 Å². The number of hydrogen-bond donors (Lipinski definition) is 1. The molecule has 0 fully saturated rings. The zero-order valence-corrected chi connectivity index (χ0v) is 22.2. The Kier molecular flexibility index (Phi) is 9.01. The summed E-state index contributed by atoms with van der Waals surface area (Å²) in [5.74, 6) is 0. The Morgan fingerprint density at radius 2 is 1.68 bits per heavy atom. The normalized spacial score (nSPS) is 12.9. The fraction of sp³-hybridized carbons (Fsp3) is 0.367. The molecule has 0 amide bonds. The number of nitrogens with zero attached hydrogens (tertiary/aromatic N) is 2. The van der Waals surface area contributed by atoms with Gasteiger partial charge in [0.05, 0.1) is 5.52 Å². The third-order valence-corrected chi connectivity index (χ3v) is 6.91. The monoisotopic (exact) mass is 474 g/mol. The minimum absolute atomic E-state index is 0.617. The summed E-state index contributed by atoms with van der Waals surface area (Å²) in [6.07, 6.45) is 2.72. The standard InChI is InChI=1S/C27H30N2OS.C3H8/c1-19-15-23-18-22(17-21-9-6-5-7-10-21)20(2)28-26(23)24(16-19)27(30,12-13-29(3)4)25-11-8-14-31-25;1-3-2/h5-11,14-16,18,30H,12-13,17H2,1-4H3;3H2,1-2H3. The second-order valence-electron chi connectivity index (χ2n) is 9.38. The smallest absolute Gasteiger partial charge is 0.127 e. The summed E-state index contributed by atoms with van der Waals surface area (Å²) in [4.78, 5) is 8.13. The number of aryl methyl sites for hydroxylation is 2. The lowest BCUT2D eigenvalue weighted by atomic mass is 9.85. The molecule has 2 aromatic heterocycles. The molecular formula is C30H38N2OS. The lowest BCUT2D eigenvalue weighted by Gasteiger charge is -2.30. The Hall–Kier alpha value is -2.53. The van der Waals surface area contributed by atoms with E-state index in [-0.39, 0.29) is 0 Å². The van der Waals surface area contributed by atoms with Gasteiger partial charge in [-0.1, -0.05) is 62.7 Å². The highest BCUT2D eigenvalue weighted by Gasteiger charge is 2.35. The van der Waals surface area contributed by atoms with Crippen LogP contribution in [0, 0.1) is 13.8 Å². The van der Waals surface area contributed by atoms with E-state index in [0.29, 0.717) is 6.42 Å². The zero-order valence-electron chi connectivity index (χ0n) is 21.4. The third kappa shape index (κ3) is 6.12. The molecule has 1 unspecified atom stereocenters. The first kappa shape index (κ1) is 26.1. The number of aliphatic hydroxyl groups is 1. The highest BCUT2D eigenvalue weighted by molar-refractivity contribution is 7.10. The topological polar surface area (TPSA) is 36.4 Å². The lowest BCUT2D eigenvalue weighted by molar-refractivity contribution is 0.0678. The van der Waals surface area contributed by atoms with Crippen LogP contribution in [0.5, 0.6) is 0 Å². The van der Waals surface area contributed by atoms with Gasteiger partial charge in [-0.2, -0.15) is 0 Å². The molecule has 0 saturated carbocycles. The van der Waals surface area contributed by atoms with Crippen molar-refractivity contribution in [3.05, 3.63) is 98.9 Å². The molecule has 2 heterocycles. The number of thiophene rings is 1. The van der Waals surface area contributed by atoms with Gasteiger partial charge in [-0.3, -0.25) is 4.98 Å². The highest BCUT2D eigenvalue weighted by Crippen LogP contribution is 2.40. The Labute approximate surface area is 209 Å². The number of benzene rings is 2. The molecule has 180 valence electrons. The second-order valence-corrected chi connectivity index (χ2v) is 10.3. The van der Waals surface area contributed by atoms with E-state index in [9.17, 15) is 5.11 Å². The van der Waals surface area contributed by atoms with Crippen molar-refractivity contribution >= 4 is 22.2 Å². The van der Waals surface area contributed by atoms with Crippen LogP contribution in [-0.4, -0.2) is 35.6 Å². The van der Waals surface area contributed by atoms with E-state index in [1.54, 1.807) is 11.3 Å². The third-order valence-electron chi connectivity index (χ3n) is 5.89. The van der Waals surface area contributed by atoms with E-state index in [1.807, 2.05) is 37.7 Å². The number of aromatic nitrogens is 1. The molecular weight excluding hydrogens is 436 g/mol. The molecule has 0 aliphatic heterocycles. The van der Waals surface area contributed by atoms with Gasteiger partial charge in [0.1, 0.15) is 5.60 Å². The first-order valence-corrected chi connectivity index (χ1v) is 13.0. The lowest BCUT2D eigenvalue weighted by Crippen LogP contribution is -2.31. The van der Waals surface area contributed by atoms with Gasteiger partial charge in [0.15, 0.2) is 0 Å². The fourth-order valence-electron chi connectivity index (χ4n) is 4.17. The quantitative estimate of drug-likeness (QED) is 0.310. The minimum Gasteiger partial charge on any atom is -0.379 e. The molecule has 0 saturated heterocycles. The molecule has 4 rings (SSSR count). The molecule has 1 atom stereocenters. The highest BCUT2D eigenvalue weighted by atomic mass is 32.1. The summed E-state index contributed by atoms with van der Waals surface area (Å²) >= 11 is 1.60. The first-order chi connectivity index (χ1) is 16.3. The maximum atomic E-state index is 12.1. The van der Waals surface area contributed by atoms with Crippen LogP contribution < -0.4 is 0 Å². The van der Waals surface area contributed by atoms with E-state index in [1.165, 1.54) is 17.5 Å². The molecule has 0 spiro atoms. The molecule has 4 aromatic rings. The number of fused-ring (bicyclic) bond motifs is 1. The van der Waals surface area contributed by atoms with Gasteiger partial charge in [0.2, 0.25) is 0 Å². The largest absolute Gasteiger partial charge is 0.379 e. The van der Waals surface area contributed by atoms with Crippen molar-refractivity contribution in [1.82, 2.24) is 9.88 Å². The van der Waals surface area contributed by atoms with Crippen molar-refractivity contribution in [3.8, 4) is 0 Å². The predicted molar refractivity (Wildman–Crippen MR) is 147 cm³/mol. The second kappa shape index (κ2) is 11.7. The van der Waals surface area contributed by atoms with Gasteiger partial charge in [-0.05, 0) is 81.1 Å². The summed E-state index contributed by atoms with van der Waals surface area (Å²) < 4.78 is 0. The Balaban J connectivity index is 0.00000103. The van der Waals surface area contributed by atoms with Crippen LogP contribution in [0.15, 0.2) is 66.0 Å². The summed E-state index contributed by atoms with van der Waals surface area (Å²) in [6.45, 7) is 9.21. The molecule has 4 heteroatoms. The van der Waals surface area contributed by atoms with E-state index in [4.69, 9.17) is 4.98 Å². The summed E-state index contributed by atoms with van der Waals surface area (Å²) in [5, 5.41) is 15.2. The predicted octanol–water partition coefficient (Wildman–Crippen LogP) is 7.11.